The Morgan fingerprint density at radius 1 is 1.29 bits per heavy atom. The maximum atomic E-state index is 14.1. The molecular weight excluding hydrogens is 291 g/mol. The van der Waals surface area contributed by atoms with Crippen molar-refractivity contribution in [1.29, 1.82) is 0 Å². The van der Waals surface area contributed by atoms with Gasteiger partial charge in [0.2, 0.25) is 0 Å². The summed E-state index contributed by atoms with van der Waals surface area (Å²) in [5.74, 6) is -0.883. The van der Waals surface area contributed by atoms with Crippen LogP contribution < -0.4 is 0 Å². The van der Waals surface area contributed by atoms with Crippen LogP contribution in [0.25, 0.3) is 0 Å². The summed E-state index contributed by atoms with van der Waals surface area (Å²) in [7, 11) is 1.59. The molecule has 1 aromatic carbocycles. The second-order valence-electron chi connectivity index (χ2n) is 5.09. The van der Waals surface area contributed by atoms with Crippen LogP contribution in [0.1, 0.15) is 5.56 Å². The zero-order chi connectivity index (χ0) is 15.0. The van der Waals surface area contributed by atoms with E-state index in [9.17, 15) is 9.18 Å². The molecule has 1 aliphatic carbocycles. The topological polar surface area (TPSA) is 32.7 Å². The SMILES string of the molecule is CN1C(=O)C(F)N=C(c2ccccc2)C2C=C(Cl)C=CC21. The van der Waals surface area contributed by atoms with E-state index in [1.165, 1.54) is 4.90 Å². The molecular formula is C16H14ClFN2O. The smallest absolute Gasteiger partial charge is 0.280 e. The minimum atomic E-state index is -1.88. The van der Waals surface area contributed by atoms with Crippen molar-refractivity contribution in [2.24, 2.45) is 10.9 Å². The first-order valence-corrected chi connectivity index (χ1v) is 7.05. The molecule has 0 N–H and O–H groups in total. The number of aliphatic imine (C=N–C) groups is 1. The Labute approximate surface area is 127 Å². The first-order chi connectivity index (χ1) is 10.1. The van der Waals surface area contributed by atoms with Gasteiger partial charge in [0.15, 0.2) is 0 Å². The molecule has 3 unspecified atom stereocenters. The average Bonchev–Trinajstić information content (AvgIpc) is 2.59. The van der Waals surface area contributed by atoms with Crippen molar-refractivity contribution in [1.82, 2.24) is 4.90 Å². The van der Waals surface area contributed by atoms with Gasteiger partial charge in [-0.05, 0) is 11.6 Å². The lowest BCUT2D eigenvalue weighted by molar-refractivity contribution is -0.136. The van der Waals surface area contributed by atoms with Gasteiger partial charge in [-0.15, -0.1) is 0 Å². The van der Waals surface area contributed by atoms with Gasteiger partial charge in [-0.3, -0.25) is 4.79 Å². The van der Waals surface area contributed by atoms with Gasteiger partial charge in [-0.2, -0.15) is 0 Å². The molecule has 0 spiro atoms. The summed E-state index contributed by atoms with van der Waals surface area (Å²) in [6, 6.07) is 9.05. The maximum Gasteiger partial charge on any atom is 0.280 e. The number of hydrogen-bond donors (Lipinski definition) is 0. The lowest BCUT2D eigenvalue weighted by atomic mass is 9.86. The largest absolute Gasteiger partial charge is 0.334 e. The second-order valence-corrected chi connectivity index (χ2v) is 5.53. The number of allylic oxidation sites excluding steroid dienone is 2. The summed E-state index contributed by atoms with van der Waals surface area (Å²) < 4.78 is 14.1. The van der Waals surface area contributed by atoms with Crippen LogP contribution in [-0.2, 0) is 4.79 Å². The third-order valence-corrected chi connectivity index (χ3v) is 4.05. The van der Waals surface area contributed by atoms with E-state index >= 15 is 0 Å². The maximum absolute atomic E-state index is 14.1. The summed E-state index contributed by atoms with van der Waals surface area (Å²) in [5, 5.41) is 0.568. The second kappa shape index (κ2) is 5.45. The van der Waals surface area contributed by atoms with Gasteiger partial charge < -0.3 is 4.90 Å². The Hall–Kier alpha value is -1.94. The fourth-order valence-corrected chi connectivity index (χ4v) is 2.91. The average molecular weight is 305 g/mol. The molecule has 0 fully saturated rings. The number of likely N-dealkylation sites (N-methyl/N-ethyl adjacent to an activating group) is 1. The van der Waals surface area contributed by atoms with Crippen LogP contribution in [0.2, 0.25) is 0 Å². The number of benzene rings is 1. The fourth-order valence-electron chi connectivity index (χ4n) is 2.70. The van der Waals surface area contributed by atoms with Gasteiger partial charge in [0.25, 0.3) is 12.2 Å². The van der Waals surface area contributed by atoms with Crippen LogP contribution in [0.4, 0.5) is 4.39 Å². The van der Waals surface area contributed by atoms with Crippen molar-refractivity contribution in [2.45, 2.75) is 12.3 Å². The zero-order valence-electron chi connectivity index (χ0n) is 11.4. The summed E-state index contributed by atoms with van der Waals surface area (Å²) in [6.45, 7) is 0. The number of rotatable bonds is 1. The van der Waals surface area contributed by atoms with Crippen LogP contribution in [0.3, 0.4) is 0 Å². The number of nitrogens with zero attached hydrogens (tertiary/aromatic N) is 2. The van der Waals surface area contributed by atoms with Gasteiger partial charge in [0.1, 0.15) is 0 Å². The molecule has 2 aliphatic rings. The van der Waals surface area contributed by atoms with E-state index < -0.39 is 12.2 Å². The number of amides is 1. The molecule has 0 aromatic heterocycles. The Morgan fingerprint density at radius 3 is 2.71 bits per heavy atom. The number of halogens is 2. The standard InChI is InChI=1S/C16H14ClFN2O/c1-20-13-8-7-11(17)9-12(13)14(19-15(18)16(20)21)10-5-3-2-4-6-10/h2-9,12-13,15H,1H3. The normalized spacial score (nSPS) is 28.6. The molecule has 1 amide bonds. The predicted octanol–water partition coefficient (Wildman–Crippen LogP) is 2.92. The number of fused-ring (bicyclic) bond motifs is 1. The summed E-state index contributed by atoms with van der Waals surface area (Å²) >= 11 is 6.09. The minimum absolute atomic E-state index is 0.250. The molecule has 3 atom stereocenters. The molecule has 0 saturated heterocycles. The Bertz CT molecular complexity index is 654. The van der Waals surface area contributed by atoms with Gasteiger partial charge in [-0.25, -0.2) is 9.38 Å². The van der Waals surface area contributed by atoms with E-state index in [4.69, 9.17) is 11.6 Å². The lowest BCUT2D eigenvalue weighted by Crippen LogP contribution is -2.43. The van der Waals surface area contributed by atoms with E-state index in [-0.39, 0.29) is 12.0 Å². The number of carbonyl (C=O) groups is 1. The van der Waals surface area contributed by atoms with Gasteiger partial charge in [-0.1, -0.05) is 54.1 Å². The molecule has 1 heterocycles. The van der Waals surface area contributed by atoms with Crippen molar-refractivity contribution < 1.29 is 9.18 Å². The zero-order valence-corrected chi connectivity index (χ0v) is 12.2. The van der Waals surface area contributed by atoms with Crippen molar-refractivity contribution in [3.05, 3.63) is 59.2 Å². The van der Waals surface area contributed by atoms with E-state index in [2.05, 4.69) is 4.99 Å². The highest BCUT2D eigenvalue weighted by molar-refractivity contribution is 6.31. The molecule has 0 saturated carbocycles. The van der Waals surface area contributed by atoms with E-state index in [0.29, 0.717) is 10.7 Å². The molecule has 3 rings (SSSR count). The lowest BCUT2D eigenvalue weighted by Gasteiger charge is -2.31. The third kappa shape index (κ3) is 2.51. The quantitative estimate of drug-likeness (QED) is 0.734. The summed E-state index contributed by atoms with van der Waals surface area (Å²) in [6.07, 6.45) is 3.49. The molecule has 3 nitrogen and oxygen atoms in total. The number of hydrogen-bond acceptors (Lipinski definition) is 2. The molecule has 0 radical (unpaired) electrons. The molecule has 5 heteroatoms. The third-order valence-electron chi connectivity index (χ3n) is 3.80. The van der Waals surface area contributed by atoms with E-state index in [0.717, 1.165) is 5.56 Å². The van der Waals surface area contributed by atoms with Crippen LogP contribution >= 0.6 is 11.6 Å². The Kier molecular flexibility index (Phi) is 3.64. The number of alkyl halides is 1. The van der Waals surface area contributed by atoms with Crippen LogP contribution in [-0.4, -0.2) is 35.9 Å². The number of carbonyl (C=O) groups excluding carboxylic acids is 1. The molecule has 0 bridgehead atoms. The highest BCUT2D eigenvalue weighted by Crippen LogP contribution is 2.30. The first-order valence-electron chi connectivity index (χ1n) is 6.67. The van der Waals surface area contributed by atoms with Crippen molar-refractivity contribution >= 4 is 23.2 Å². The minimum Gasteiger partial charge on any atom is -0.334 e. The van der Waals surface area contributed by atoms with Crippen molar-refractivity contribution in [2.75, 3.05) is 7.05 Å². The monoisotopic (exact) mass is 304 g/mol. The molecule has 1 aromatic rings. The molecule has 108 valence electrons. The predicted molar refractivity (Wildman–Crippen MR) is 81.0 cm³/mol. The van der Waals surface area contributed by atoms with Gasteiger partial charge in [0.05, 0.1) is 11.8 Å². The summed E-state index contributed by atoms with van der Waals surface area (Å²) in [5.41, 5.74) is 1.35. The van der Waals surface area contributed by atoms with Crippen molar-refractivity contribution in [3.63, 3.8) is 0 Å². The van der Waals surface area contributed by atoms with E-state index in [1.54, 1.807) is 13.1 Å². The van der Waals surface area contributed by atoms with Crippen LogP contribution in [0, 0.1) is 5.92 Å². The van der Waals surface area contributed by atoms with Gasteiger partial charge in [0, 0.05) is 18.0 Å². The highest BCUT2D eigenvalue weighted by Gasteiger charge is 2.38. The van der Waals surface area contributed by atoms with Crippen LogP contribution in [0.15, 0.2) is 58.6 Å². The Balaban J connectivity index is 2.13. The van der Waals surface area contributed by atoms with E-state index in [1.807, 2.05) is 42.5 Å². The first kappa shape index (κ1) is 14.0. The molecule has 21 heavy (non-hydrogen) atoms. The van der Waals surface area contributed by atoms with Crippen molar-refractivity contribution in [3.8, 4) is 0 Å². The molecule has 1 aliphatic heterocycles. The van der Waals surface area contributed by atoms with Crippen LogP contribution in [0.5, 0.6) is 0 Å². The van der Waals surface area contributed by atoms with Gasteiger partial charge >= 0.3 is 0 Å². The fraction of sp³-hybridized carbons (Fsp3) is 0.250. The summed E-state index contributed by atoms with van der Waals surface area (Å²) in [4.78, 5) is 17.4. The highest BCUT2D eigenvalue weighted by atomic mass is 35.5. The Morgan fingerprint density at radius 2 is 2.00 bits per heavy atom.